The largest absolute Gasteiger partial charge is 0.497 e. The summed E-state index contributed by atoms with van der Waals surface area (Å²) >= 11 is 0.859. The molecule has 0 spiro atoms. The number of rotatable bonds is 11. The number of methoxy groups -OCH3 is 1. The maximum Gasteiger partial charge on any atom is 0.195 e. The van der Waals surface area contributed by atoms with E-state index in [-0.39, 0.29) is 12.5 Å². The number of piperidine rings is 1. The van der Waals surface area contributed by atoms with Crippen LogP contribution in [0.2, 0.25) is 0 Å². The van der Waals surface area contributed by atoms with Crippen molar-refractivity contribution in [2.24, 2.45) is 11.8 Å². The molecule has 2 aromatic carbocycles. The Bertz CT molecular complexity index is 1210. The lowest BCUT2D eigenvalue weighted by Gasteiger charge is -2.38. The highest BCUT2D eigenvalue weighted by molar-refractivity contribution is 7.99. The van der Waals surface area contributed by atoms with E-state index in [1.807, 2.05) is 24.4 Å². The Morgan fingerprint density at radius 2 is 1.89 bits per heavy atom. The van der Waals surface area contributed by atoms with Crippen LogP contribution in [0.15, 0.2) is 41.4 Å². The number of aliphatic hydroxyl groups excluding tert-OH is 1. The molecule has 1 aromatic heterocycles. The molecule has 0 radical (unpaired) electrons. The molecular formula is C28H32F4N2O2S. The predicted molar refractivity (Wildman–Crippen MR) is 138 cm³/mol. The topological polar surface area (TPSA) is 45.6 Å². The lowest BCUT2D eigenvalue weighted by Crippen LogP contribution is -2.42. The molecule has 0 unspecified atom stereocenters. The van der Waals surface area contributed by atoms with Gasteiger partial charge in [0.1, 0.15) is 11.6 Å². The van der Waals surface area contributed by atoms with E-state index in [4.69, 9.17) is 4.74 Å². The van der Waals surface area contributed by atoms with Crippen molar-refractivity contribution in [3.63, 3.8) is 0 Å². The van der Waals surface area contributed by atoms with Crippen molar-refractivity contribution in [1.29, 1.82) is 0 Å². The smallest absolute Gasteiger partial charge is 0.195 e. The summed E-state index contributed by atoms with van der Waals surface area (Å²) in [7, 11) is 1.66. The molecule has 0 aliphatic carbocycles. The highest BCUT2D eigenvalue weighted by atomic mass is 32.2. The minimum absolute atomic E-state index is 0.122. The SMILES string of the molecule is COc1ccc2nccc(CCC[C@@H]3CCN(CCCSc4c(F)cc(F)c(F)c4F)C[C@@H]3CO)c2c1. The van der Waals surface area contributed by atoms with Crippen LogP contribution in [0, 0.1) is 35.1 Å². The number of hydrogen-bond donors (Lipinski definition) is 1. The molecule has 0 saturated carbocycles. The molecule has 4 rings (SSSR count). The number of thioether (sulfide) groups is 1. The van der Waals surface area contributed by atoms with Gasteiger partial charge in [0.05, 0.1) is 17.5 Å². The van der Waals surface area contributed by atoms with Gasteiger partial charge in [0.25, 0.3) is 0 Å². The van der Waals surface area contributed by atoms with Gasteiger partial charge >= 0.3 is 0 Å². The van der Waals surface area contributed by atoms with Crippen molar-refractivity contribution in [3.05, 3.63) is 65.4 Å². The summed E-state index contributed by atoms with van der Waals surface area (Å²) in [5.41, 5.74) is 2.20. The van der Waals surface area contributed by atoms with Crippen molar-refractivity contribution in [2.75, 3.05) is 39.1 Å². The van der Waals surface area contributed by atoms with E-state index in [1.165, 1.54) is 5.56 Å². The molecule has 0 amide bonds. The minimum Gasteiger partial charge on any atom is -0.497 e. The Morgan fingerprint density at radius 1 is 1.05 bits per heavy atom. The fourth-order valence-electron chi connectivity index (χ4n) is 5.17. The Labute approximate surface area is 219 Å². The van der Waals surface area contributed by atoms with E-state index in [0.29, 0.717) is 30.7 Å². The van der Waals surface area contributed by atoms with E-state index in [9.17, 15) is 22.7 Å². The van der Waals surface area contributed by atoms with Gasteiger partial charge in [0.2, 0.25) is 0 Å². The molecule has 37 heavy (non-hydrogen) atoms. The van der Waals surface area contributed by atoms with Crippen LogP contribution >= 0.6 is 11.8 Å². The second-order valence-corrected chi connectivity index (χ2v) is 10.6. The van der Waals surface area contributed by atoms with Gasteiger partial charge in [-0.3, -0.25) is 4.98 Å². The second kappa shape index (κ2) is 12.9. The zero-order chi connectivity index (χ0) is 26.4. The summed E-state index contributed by atoms with van der Waals surface area (Å²) in [4.78, 5) is 6.23. The zero-order valence-electron chi connectivity index (χ0n) is 20.9. The number of halogens is 4. The average molecular weight is 537 g/mol. The van der Waals surface area contributed by atoms with Crippen molar-refractivity contribution >= 4 is 22.7 Å². The quantitative estimate of drug-likeness (QED) is 0.103. The minimum atomic E-state index is -1.64. The monoisotopic (exact) mass is 536 g/mol. The molecule has 2 atom stereocenters. The number of aromatic nitrogens is 1. The van der Waals surface area contributed by atoms with Crippen LogP contribution in [0.4, 0.5) is 17.6 Å². The molecule has 0 bridgehead atoms. The zero-order valence-corrected chi connectivity index (χ0v) is 21.7. The summed E-state index contributed by atoms with van der Waals surface area (Å²) in [5, 5.41) is 11.1. The molecule has 1 N–H and O–H groups in total. The van der Waals surface area contributed by atoms with Crippen molar-refractivity contribution < 1.29 is 27.4 Å². The molecule has 3 aromatic rings. The third kappa shape index (κ3) is 6.75. The van der Waals surface area contributed by atoms with E-state index in [0.717, 1.165) is 67.2 Å². The Balaban J connectivity index is 1.23. The molecule has 9 heteroatoms. The number of ether oxygens (including phenoxy) is 1. The molecule has 1 saturated heterocycles. The van der Waals surface area contributed by atoms with Gasteiger partial charge in [-0.25, -0.2) is 17.6 Å². The number of pyridine rings is 1. The average Bonchev–Trinajstić information content (AvgIpc) is 2.91. The van der Waals surface area contributed by atoms with Crippen molar-refractivity contribution in [2.45, 2.75) is 37.0 Å². The third-order valence-corrected chi connectivity index (χ3v) is 8.36. The number of aliphatic hydroxyl groups is 1. The van der Waals surface area contributed by atoms with Crippen LogP contribution in [-0.4, -0.2) is 54.1 Å². The molecule has 2 heterocycles. The molecule has 4 nitrogen and oxygen atoms in total. The van der Waals surface area contributed by atoms with Crippen molar-refractivity contribution in [3.8, 4) is 5.75 Å². The van der Waals surface area contributed by atoms with Crippen LogP contribution < -0.4 is 4.74 Å². The lowest BCUT2D eigenvalue weighted by molar-refractivity contribution is 0.0677. The standard InChI is InChI=1S/C28H32F4N2O2S/c1-36-21-6-7-25-22(14-21)19(8-10-33-25)5-2-4-18-9-12-34(16-20(18)17-35)11-3-13-37-28-24(30)15-23(29)26(31)27(28)32/h6-8,10,14-15,18,20,35H,2-5,9,11-13,16-17H2,1H3/t18-,20-/m1/s1. The summed E-state index contributed by atoms with van der Waals surface area (Å²) in [6, 6.07) is 8.35. The Morgan fingerprint density at radius 3 is 2.68 bits per heavy atom. The van der Waals surface area contributed by atoms with Gasteiger partial charge in [-0.15, -0.1) is 11.8 Å². The van der Waals surface area contributed by atoms with Crippen LogP contribution in [-0.2, 0) is 6.42 Å². The fourth-order valence-corrected chi connectivity index (χ4v) is 6.06. The summed E-state index contributed by atoms with van der Waals surface area (Å²) in [5.74, 6) is -3.91. The van der Waals surface area contributed by atoms with Gasteiger partial charge in [0, 0.05) is 30.8 Å². The first kappa shape index (κ1) is 27.7. The normalized spacial score (nSPS) is 18.4. The number of fused-ring (bicyclic) bond motifs is 1. The summed E-state index contributed by atoms with van der Waals surface area (Å²) in [6.45, 7) is 2.51. The molecule has 200 valence electrons. The van der Waals surface area contributed by atoms with E-state index < -0.39 is 28.2 Å². The van der Waals surface area contributed by atoms with E-state index in [1.54, 1.807) is 7.11 Å². The number of nitrogens with zero attached hydrogens (tertiary/aromatic N) is 2. The van der Waals surface area contributed by atoms with Gasteiger partial charge < -0.3 is 14.7 Å². The second-order valence-electron chi connectivity index (χ2n) is 9.54. The van der Waals surface area contributed by atoms with Crippen LogP contribution in [0.25, 0.3) is 10.9 Å². The first-order valence-electron chi connectivity index (χ1n) is 12.6. The van der Waals surface area contributed by atoms with Gasteiger partial charge in [-0.1, -0.05) is 0 Å². The highest BCUT2D eigenvalue weighted by Gasteiger charge is 2.28. The van der Waals surface area contributed by atoms with Gasteiger partial charge in [0.15, 0.2) is 17.5 Å². The predicted octanol–water partition coefficient (Wildman–Crippen LogP) is 6.24. The Kier molecular flexibility index (Phi) is 9.67. The maximum atomic E-state index is 13.8. The first-order valence-corrected chi connectivity index (χ1v) is 13.6. The van der Waals surface area contributed by atoms with Crippen LogP contribution in [0.3, 0.4) is 0 Å². The van der Waals surface area contributed by atoms with E-state index in [2.05, 4.69) is 16.0 Å². The maximum absolute atomic E-state index is 13.8. The molecule has 1 fully saturated rings. The molecule has 1 aliphatic heterocycles. The van der Waals surface area contributed by atoms with Crippen LogP contribution in [0.5, 0.6) is 5.75 Å². The number of likely N-dealkylation sites (tertiary alicyclic amines) is 1. The highest BCUT2D eigenvalue weighted by Crippen LogP contribution is 2.31. The molecule has 1 aliphatic rings. The number of benzene rings is 2. The Hall–Kier alpha value is -2.36. The fraction of sp³-hybridized carbons (Fsp3) is 0.464. The van der Waals surface area contributed by atoms with E-state index >= 15 is 0 Å². The summed E-state index contributed by atoms with van der Waals surface area (Å²) < 4.78 is 59.5. The van der Waals surface area contributed by atoms with Crippen molar-refractivity contribution in [1.82, 2.24) is 9.88 Å². The number of aryl methyl sites for hydroxylation is 1. The number of hydrogen-bond acceptors (Lipinski definition) is 5. The molecular weight excluding hydrogens is 504 g/mol. The van der Waals surface area contributed by atoms with Gasteiger partial charge in [-0.05, 0) is 92.6 Å². The lowest BCUT2D eigenvalue weighted by atomic mass is 9.82. The first-order chi connectivity index (χ1) is 17.9. The summed E-state index contributed by atoms with van der Waals surface area (Å²) in [6.07, 6.45) is 6.43. The van der Waals surface area contributed by atoms with Crippen LogP contribution in [0.1, 0.15) is 31.2 Å². The van der Waals surface area contributed by atoms with Gasteiger partial charge in [-0.2, -0.15) is 0 Å². The third-order valence-electron chi connectivity index (χ3n) is 7.21.